The molecule has 6 nitrogen and oxygen atoms in total. The van der Waals surface area contributed by atoms with E-state index in [0.717, 1.165) is 23.5 Å². The topological polar surface area (TPSA) is 68.2 Å². The van der Waals surface area contributed by atoms with E-state index in [0.29, 0.717) is 18.8 Å². The molecule has 6 heteroatoms. The van der Waals surface area contributed by atoms with Crippen LogP contribution < -0.4 is 14.2 Å². The summed E-state index contributed by atoms with van der Waals surface area (Å²) < 4.78 is 16.6. The van der Waals surface area contributed by atoms with Crippen LogP contribution in [0.4, 0.5) is 0 Å². The number of aliphatic hydroxyl groups excluding tert-OH is 1. The highest BCUT2D eigenvalue weighted by atomic mass is 16.5. The Kier molecular flexibility index (Phi) is 5.96. The van der Waals surface area contributed by atoms with E-state index in [1.54, 1.807) is 36.3 Å². The molecule has 2 aromatic carbocycles. The zero-order valence-electron chi connectivity index (χ0n) is 14.8. The molecule has 1 aliphatic heterocycles. The van der Waals surface area contributed by atoms with Gasteiger partial charge in [0, 0.05) is 13.0 Å². The number of amides is 1. The van der Waals surface area contributed by atoms with E-state index in [2.05, 4.69) is 0 Å². The van der Waals surface area contributed by atoms with Gasteiger partial charge in [0.1, 0.15) is 23.4 Å². The summed E-state index contributed by atoms with van der Waals surface area (Å²) in [5.41, 5.74) is 0.807. The van der Waals surface area contributed by atoms with Crippen LogP contribution >= 0.6 is 0 Å². The van der Waals surface area contributed by atoms with E-state index < -0.39 is 0 Å². The van der Waals surface area contributed by atoms with Crippen molar-refractivity contribution >= 4 is 5.91 Å². The van der Waals surface area contributed by atoms with Crippen LogP contribution in [0.25, 0.3) is 0 Å². The second-order valence-corrected chi connectivity index (χ2v) is 6.13. The van der Waals surface area contributed by atoms with E-state index in [-0.39, 0.29) is 25.2 Å². The van der Waals surface area contributed by atoms with E-state index in [9.17, 15) is 4.79 Å². The van der Waals surface area contributed by atoms with Crippen LogP contribution in [-0.4, -0.2) is 48.8 Å². The number of nitrogens with zero attached hydrogens (tertiary/aromatic N) is 1. The quantitative estimate of drug-likeness (QED) is 0.823. The molecule has 1 amide bonds. The van der Waals surface area contributed by atoms with Gasteiger partial charge in [0.15, 0.2) is 6.61 Å². The Morgan fingerprint density at radius 2 is 1.73 bits per heavy atom. The maximum atomic E-state index is 12.3. The molecule has 0 radical (unpaired) electrons. The average molecular weight is 357 g/mol. The number of benzene rings is 2. The summed E-state index contributed by atoms with van der Waals surface area (Å²) in [5, 5.41) is 9.03. The summed E-state index contributed by atoms with van der Waals surface area (Å²) >= 11 is 0. The predicted octanol–water partition coefficient (Wildman–Crippen LogP) is 2.25. The lowest BCUT2D eigenvalue weighted by Gasteiger charge is -2.17. The van der Waals surface area contributed by atoms with E-state index in [1.165, 1.54) is 0 Å². The first-order chi connectivity index (χ1) is 12.7. The molecule has 1 N–H and O–H groups in total. The first kappa shape index (κ1) is 18.1. The zero-order valence-corrected chi connectivity index (χ0v) is 14.8. The maximum absolute atomic E-state index is 12.3. The van der Waals surface area contributed by atoms with Crippen molar-refractivity contribution < 1.29 is 24.1 Å². The summed E-state index contributed by atoms with van der Waals surface area (Å²) in [6.07, 6.45) is 0.777. The SMILES string of the molecule is COc1ccc(OC2CCN(C(=O)COc3ccc(CO)cc3)C2)cc1. The number of hydrogen-bond acceptors (Lipinski definition) is 5. The Balaban J connectivity index is 1.45. The fraction of sp³-hybridized carbons (Fsp3) is 0.350. The van der Waals surface area contributed by atoms with Crippen molar-refractivity contribution in [2.45, 2.75) is 19.1 Å². The fourth-order valence-corrected chi connectivity index (χ4v) is 2.83. The third-order valence-electron chi connectivity index (χ3n) is 4.33. The second-order valence-electron chi connectivity index (χ2n) is 6.13. The van der Waals surface area contributed by atoms with Crippen molar-refractivity contribution in [3.05, 3.63) is 54.1 Å². The number of rotatable bonds is 7. The van der Waals surface area contributed by atoms with Gasteiger partial charge in [-0.25, -0.2) is 0 Å². The van der Waals surface area contributed by atoms with Crippen LogP contribution in [0.5, 0.6) is 17.2 Å². The van der Waals surface area contributed by atoms with Gasteiger partial charge in [0.25, 0.3) is 5.91 Å². The van der Waals surface area contributed by atoms with Gasteiger partial charge in [-0.3, -0.25) is 4.79 Å². The molecule has 1 heterocycles. The van der Waals surface area contributed by atoms with Crippen LogP contribution in [0.2, 0.25) is 0 Å². The number of hydrogen-bond donors (Lipinski definition) is 1. The van der Waals surface area contributed by atoms with Gasteiger partial charge >= 0.3 is 0 Å². The number of carbonyl (C=O) groups is 1. The molecule has 0 aromatic heterocycles. The maximum Gasteiger partial charge on any atom is 0.260 e. The minimum Gasteiger partial charge on any atom is -0.497 e. The van der Waals surface area contributed by atoms with Crippen molar-refractivity contribution in [2.24, 2.45) is 0 Å². The molecule has 138 valence electrons. The lowest BCUT2D eigenvalue weighted by atomic mass is 10.2. The number of carbonyl (C=O) groups excluding carboxylic acids is 1. The summed E-state index contributed by atoms with van der Waals surface area (Å²) in [6, 6.07) is 14.5. The van der Waals surface area contributed by atoms with Crippen molar-refractivity contribution in [3.63, 3.8) is 0 Å². The number of methoxy groups -OCH3 is 1. The summed E-state index contributed by atoms with van der Waals surface area (Å²) in [6.45, 7) is 1.19. The molecular weight excluding hydrogens is 334 g/mol. The van der Waals surface area contributed by atoms with Crippen LogP contribution in [0.3, 0.4) is 0 Å². The Hall–Kier alpha value is -2.73. The van der Waals surface area contributed by atoms with Crippen molar-refractivity contribution in [2.75, 3.05) is 26.8 Å². The minimum atomic E-state index is -0.0583. The Labute approximate surface area is 152 Å². The molecule has 3 rings (SSSR count). The molecule has 0 saturated carbocycles. The van der Waals surface area contributed by atoms with E-state index >= 15 is 0 Å². The molecular formula is C20H23NO5. The van der Waals surface area contributed by atoms with Gasteiger partial charge in [-0.15, -0.1) is 0 Å². The normalized spacial score (nSPS) is 16.4. The third kappa shape index (κ3) is 4.67. The van der Waals surface area contributed by atoms with Crippen molar-refractivity contribution in [3.8, 4) is 17.2 Å². The molecule has 0 spiro atoms. The lowest BCUT2D eigenvalue weighted by Crippen LogP contribution is -2.34. The molecule has 26 heavy (non-hydrogen) atoms. The molecule has 1 fully saturated rings. The zero-order chi connectivity index (χ0) is 18.4. The molecule has 2 aromatic rings. The van der Waals surface area contributed by atoms with Gasteiger partial charge in [0.05, 0.1) is 20.3 Å². The van der Waals surface area contributed by atoms with Gasteiger partial charge in [-0.2, -0.15) is 0 Å². The monoisotopic (exact) mass is 357 g/mol. The molecule has 1 saturated heterocycles. The highest BCUT2D eigenvalue weighted by Crippen LogP contribution is 2.21. The van der Waals surface area contributed by atoms with Crippen LogP contribution in [-0.2, 0) is 11.4 Å². The van der Waals surface area contributed by atoms with Gasteiger partial charge in [0.2, 0.25) is 0 Å². The lowest BCUT2D eigenvalue weighted by molar-refractivity contribution is -0.132. The van der Waals surface area contributed by atoms with E-state index in [1.807, 2.05) is 24.3 Å². The number of aliphatic hydroxyl groups is 1. The Morgan fingerprint density at radius 1 is 1.08 bits per heavy atom. The summed E-state index contributed by atoms with van der Waals surface area (Å²) in [7, 11) is 1.62. The highest BCUT2D eigenvalue weighted by molar-refractivity contribution is 5.78. The second kappa shape index (κ2) is 8.58. The van der Waals surface area contributed by atoms with Crippen molar-refractivity contribution in [1.82, 2.24) is 4.90 Å². The first-order valence-electron chi connectivity index (χ1n) is 8.59. The highest BCUT2D eigenvalue weighted by Gasteiger charge is 2.27. The van der Waals surface area contributed by atoms with Crippen LogP contribution in [0.1, 0.15) is 12.0 Å². The summed E-state index contributed by atoms with van der Waals surface area (Å²) in [5.74, 6) is 2.10. The van der Waals surface area contributed by atoms with Gasteiger partial charge in [-0.05, 0) is 42.0 Å². The minimum absolute atomic E-state index is 0.00622. The Bertz CT molecular complexity index is 714. The van der Waals surface area contributed by atoms with Gasteiger partial charge < -0.3 is 24.2 Å². The Morgan fingerprint density at radius 3 is 2.38 bits per heavy atom. The molecule has 1 unspecified atom stereocenters. The molecule has 0 bridgehead atoms. The molecule has 0 aliphatic carbocycles. The van der Waals surface area contributed by atoms with Gasteiger partial charge in [-0.1, -0.05) is 12.1 Å². The van der Waals surface area contributed by atoms with Crippen LogP contribution in [0, 0.1) is 0 Å². The van der Waals surface area contributed by atoms with E-state index in [4.69, 9.17) is 19.3 Å². The smallest absolute Gasteiger partial charge is 0.260 e. The standard InChI is InChI=1S/C20H23NO5/c1-24-16-6-8-18(9-7-16)26-19-10-11-21(12-19)20(23)14-25-17-4-2-15(13-22)3-5-17/h2-9,19,22H,10-14H2,1H3. The number of ether oxygens (including phenoxy) is 3. The first-order valence-corrected chi connectivity index (χ1v) is 8.59. The van der Waals surface area contributed by atoms with Crippen LogP contribution in [0.15, 0.2) is 48.5 Å². The summed E-state index contributed by atoms with van der Waals surface area (Å²) in [4.78, 5) is 14.1. The molecule has 1 aliphatic rings. The largest absolute Gasteiger partial charge is 0.497 e. The van der Waals surface area contributed by atoms with Crippen molar-refractivity contribution in [1.29, 1.82) is 0 Å². The fourth-order valence-electron chi connectivity index (χ4n) is 2.83. The predicted molar refractivity (Wildman–Crippen MR) is 96.5 cm³/mol. The third-order valence-corrected chi connectivity index (χ3v) is 4.33. The average Bonchev–Trinajstić information content (AvgIpc) is 3.15. The number of likely N-dealkylation sites (tertiary alicyclic amines) is 1. The molecule has 1 atom stereocenters.